The van der Waals surface area contributed by atoms with Crippen LogP contribution in [-0.4, -0.2) is 18.1 Å². The van der Waals surface area contributed by atoms with E-state index >= 15 is 0 Å². The molecule has 1 N–H and O–H groups in total. The van der Waals surface area contributed by atoms with Gasteiger partial charge in [-0.3, -0.25) is 0 Å². The first kappa shape index (κ1) is 13.8. The predicted molar refractivity (Wildman–Crippen MR) is 79.1 cm³/mol. The van der Waals surface area contributed by atoms with Crippen molar-refractivity contribution >= 4 is 35.2 Å². The third-order valence-electron chi connectivity index (χ3n) is 2.53. The van der Waals surface area contributed by atoms with E-state index in [1.165, 1.54) is 11.9 Å². The number of rotatable bonds is 4. The number of hydrogen-bond donors (Lipinski definition) is 1. The fraction of sp³-hybridized carbons (Fsp3) is 0.0714. The molecule has 2 aromatic rings. The van der Waals surface area contributed by atoms with Crippen LogP contribution in [0.5, 0.6) is 0 Å². The zero-order valence-electron chi connectivity index (χ0n) is 10.2. The SMILES string of the molecule is CN(Sc1ccc(C(=O)O)cc1)c1ccc(Cl)cc1. The number of anilines is 1. The van der Waals surface area contributed by atoms with Crippen LogP contribution in [0, 0.1) is 0 Å². The lowest BCUT2D eigenvalue weighted by atomic mass is 10.2. The summed E-state index contributed by atoms with van der Waals surface area (Å²) in [5.41, 5.74) is 1.32. The van der Waals surface area contributed by atoms with Crippen LogP contribution in [0.25, 0.3) is 0 Å². The fourth-order valence-corrected chi connectivity index (χ4v) is 2.45. The van der Waals surface area contributed by atoms with Crippen LogP contribution in [0.4, 0.5) is 5.69 Å². The summed E-state index contributed by atoms with van der Waals surface area (Å²) in [5.74, 6) is -0.914. The molecular weight excluding hydrogens is 282 g/mol. The number of carbonyl (C=O) groups is 1. The molecule has 19 heavy (non-hydrogen) atoms. The van der Waals surface area contributed by atoms with Gasteiger partial charge in [-0.05, 0) is 60.5 Å². The molecule has 0 saturated carbocycles. The summed E-state index contributed by atoms with van der Waals surface area (Å²) >= 11 is 7.36. The molecule has 0 aliphatic heterocycles. The summed E-state index contributed by atoms with van der Waals surface area (Å²) in [6, 6.07) is 14.3. The fourth-order valence-electron chi connectivity index (χ4n) is 1.52. The lowest BCUT2D eigenvalue weighted by molar-refractivity contribution is 0.0697. The topological polar surface area (TPSA) is 40.5 Å². The number of nitrogens with zero attached hydrogens (tertiary/aromatic N) is 1. The summed E-state index contributed by atoms with van der Waals surface area (Å²) in [7, 11) is 1.94. The van der Waals surface area contributed by atoms with Gasteiger partial charge in [-0.15, -0.1) is 0 Å². The highest BCUT2D eigenvalue weighted by Gasteiger charge is 2.05. The first-order valence-corrected chi connectivity index (χ1v) is 6.72. The molecule has 0 fully saturated rings. The summed E-state index contributed by atoms with van der Waals surface area (Å²) < 4.78 is 1.99. The van der Waals surface area contributed by atoms with E-state index in [0.29, 0.717) is 10.6 Å². The molecule has 3 nitrogen and oxygen atoms in total. The lowest BCUT2D eigenvalue weighted by Crippen LogP contribution is -2.05. The molecular formula is C14H12ClNO2S. The van der Waals surface area contributed by atoms with Gasteiger partial charge < -0.3 is 9.41 Å². The molecule has 0 radical (unpaired) electrons. The number of hydrogen-bond acceptors (Lipinski definition) is 3. The smallest absolute Gasteiger partial charge is 0.335 e. The van der Waals surface area contributed by atoms with E-state index < -0.39 is 5.97 Å². The summed E-state index contributed by atoms with van der Waals surface area (Å²) in [6.07, 6.45) is 0. The average molecular weight is 294 g/mol. The van der Waals surface area contributed by atoms with Crippen LogP contribution < -0.4 is 4.31 Å². The highest BCUT2D eigenvalue weighted by molar-refractivity contribution is 8.00. The van der Waals surface area contributed by atoms with Crippen LogP contribution in [0.1, 0.15) is 10.4 Å². The summed E-state index contributed by atoms with van der Waals surface area (Å²) in [5, 5.41) is 9.53. The van der Waals surface area contributed by atoms with Crippen molar-refractivity contribution in [1.82, 2.24) is 0 Å². The van der Waals surface area contributed by atoms with Crippen molar-refractivity contribution in [1.29, 1.82) is 0 Å². The van der Waals surface area contributed by atoms with Crippen LogP contribution in [0.15, 0.2) is 53.4 Å². The highest BCUT2D eigenvalue weighted by Crippen LogP contribution is 2.28. The maximum Gasteiger partial charge on any atom is 0.335 e. The summed E-state index contributed by atoms with van der Waals surface area (Å²) in [4.78, 5) is 11.7. The quantitative estimate of drug-likeness (QED) is 0.859. The van der Waals surface area contributed by atoms with Gasteiger partial charge in [0.2, 0.25) is 0 Å². The predicted octanol–water partition coefficient (Wildman–Crippen LogP) is 4.18. The number of aromatic carboxylic acids is 1. The number of carboxylic acid groups (broad SMARTS) is 1. The van der Waals surface area contributed by atoms with Crippen LogP contribution in [0.3, 0.4) is 0 Å². The molecule has 0 amide bonds. The van der Waals surface area contributed by atoms with Crippen molar-refractivity contribution in [2.75, 3.05) is 11.4 Å². The third-order valence-corrected chi connectivity index (χ3v) is 3.75. The van der Waals surface area contributed by atoms with Gasteiger partial charge in [0, 0.05) is 22.7 Å². The van der Waals surface area contributed by atoms with Crippen molar-refractivity contribution in [3.05, 3.63) is 59.1 Å². The van der Waals surface area contributed by atoms with E-state index in [1.807, 2.05) is 35.6 Å². The second kappa shape index (κ2) is 5.99. The molecule has 0 spiro atoms. The number of halogens is 1. The first-order chi connectivity index (χ1) is 9.06. The molecule has 0 aliphatic carbocycles. The molecule has 2 aromatic carbocycles. The molecule has 0 aromatic heterocycles. The van der Waals surface area contributed by atoms with E-state index in [4.69, 9.17) is 16.7 Å². The minimum absolute atomic E-state index is 0.290. The molecule has 0 aliphatic rings. The Kier molecular flexibility index (Phi) is 4.35. The van der Waals surface area contributed by atoms with Gasteiger partial charge in [0.25, 0.3) is 0 Å². The zero-order chi connectivity index (χ0) is 13.8. The van der Waals surface area contributed by atoms with E-state index in [1.54, 1.807) is 24.3 Å². The van der Waals surface area contributed by atoms with Crippen molar-refractivity contribution < 1.29 is 9.90 Å². The zero-order valence-corrected chi connectivity index (χ0v) is 11.8. The molecule has 2 rings (SSSR count). The van der Waals surface area contributed by atoms with Gasteiger partial charge in [0.05, 0.1) is 5.56 Å². The molecule has 0 bridgehead atoms. The Balaban J connectivity index is 2.08. The molecule has 0 atom stereocenters. The first-order valence-electron chi connectivity index (χ1n) is 5.57. The Labute approximate surface area is 120 Å². The maximum absolute atomic E-state index is 10.8. The monoisotopic (exact) mass is 293 g/mol. The Morgan fingerprint density at radius 2 is 1.68 bits per heavy atom. The van der Waals surface area contributed by atoms with Gasteiger partial charge in [-0.2, -0.15) is 0 Å². The largest absolute Gasteiger partial charge is 0.478 e. The van der Waals surface area contributed by atoms with Crippen LogP contribution >= 0.6 is 23.5 Å². The van der Waals surface area contributed by atoms with Crippen molar-refractivity contribution in [2.45, 2.75) is 4.90 Å². The maximum atomic E-state index is 10.8. The summed E-state index contributed by atoms with van der Waals surface area (Å²) in [6.45, 7) is 0. The van der Waals surface area contributed by atoms with Gasteiger partial charge in [-0.25, -0.2) is 4.79 Å². The second-order valence-electron chi connectivity index (χ2n) is 3.89. The van der Waals surface area contributed by atoms with E-state index in [9.17, 15) is 4.79 Å². The minimum atomic E-state index is -0.914. The Morgan fingerprint density at radius 3 is 2.21 bits per heavy atom. The van der Waals surface area contributed by atoms with E-state index in [2.05, 4.69) is 0 Å². The molecule has 98 valence electrons. The van der Waals surface area contributed by atoms with Crippen LogP contribution in [-0.2, 0) is 0 Å². The number of benzene rings is 2. The van der Waals surface area contributed by atoms with Crippen molar-refractivity contribution in [3.8, 4) is 0 Å². The van der Waals surface area contributed by atoms with E-state index in [0.717, 1.165) is 10.6 Å². The molecule has 0 heterocycles. The normalized spacial score (nSPS) is 10.2. The Hall–Kier alpha value is -1.65. The Bertz CT molecular complexity index is 569. The highest BCUT2D eigenvalue weighted by atomic mass is 35.5. The molecule has 5 heteroatoms. The molecule has 0 unspecified atom stereocenters. The minimum Gasteiger partial charge on any atom is -0.478 e. The Morgan fingerprint density at radius 1 is 1.11 bits per heavy atom. The third kappa shape index (κ3) is 3.66. The average Bonchev–Trinajstić information content (AvgIpc) is 2.40. The van der Waals surface area contributed by atoms with Crippen LogP contribution in [0.2, 0.25) is 5.02 Å². The van der Waals surface area contributed by atoms with Gasteiger partial charge in [-0.1, -0.05) is 11.6 Å². The lowest BCUT2D eigenvalue weighted by Gasteiger charge is -2.17. The van der Waals surface area contributed by atoms with Gasteiger partial charge in [0.1, 0.15) is 0 Å². The van der Waals surface area contributed by atoms with Gasteiger partial charge in [0.15, 0.2) is 0 Å². The number of carboxylic acids is 1. The molecule has 0 saturated heterocycles. The van der Waals surface area contributed by atoms with E-state index in [-0.39, 0.29) is 0 Å². The standard InChI is InChI=1S/C14H12ClNO2S/c1-16(12-6-4-11(15)5-7-12)19-13-8-2-10(3-9-13)14(17)18/h2-9H,1H3,(H,17,18). The van der Waals surface area contributed by atoms with Crippen molar-refractivity contribution in [3.63, 3.8) is 0 Å². The van der Waals surface area contributed by atoms with Gasteiger partial charge >= 0.3 is 5.97 Å². The second-order valence-corrected chi connectivity index (χ2v) is 5.53. The van der Waals surface area contributed by atoms with Crippen molar-refractivity contribution in [2.24, 2.45) is 0 Å².